The summed E-state index contributed by atoms with van der Waals surface area (Å²) < 4.78 is 5.37. The highest BCUT2D eigenvalue weighted by molar-refractivity contribution is 6.30. The van der Waals surface area contributed by atoms with Crippen molar-refractivity contribution in [3.05, 3.63) is 63.6 Å². The van der Waals surface area contributed by atoms with Crippen molar-refractivity contribution >= 4 is 34.3 Å². The van der Waals surface area contributed by atoms with Crippen molar-refractivity contribution in [3.8, 4) is 0 Å². The Hall–Kier alpha value is -2.66. The number of esters is 1. The maximum Gasteiger partial charge on any atom is 0.355 e. The molecule has 3 aromatic rings. The maximum absolute atomic E-state index is 12.4. The molecule has 5 nitrogen and oxygen atoms in total. The second-order valence-corrected chi connectivity index (χ2v) is 6.25. The number of aryl methyl sites for hydroxylation is 1. The summed E-state index contributed by atoms with van der Waals surface area (Å²) in [7, 11) is 0. The molecule has 1 N–H and O–H groups in total. The van der Waals surface area contributed by atoms with Gasteiger partial charge in [-0.2, -0.15) is 0 Å². The number of fused-ring (bicyclic) bond motifs is 1. The molecule has 0 bridgehead atoms. The van der Waals surface area contributed by atoms with Crippen LogP contribution in [0, 0.1) is 13.8 Å². The monoisotopic (exact) mass is 356 g/mol. The third kappa shape index (κ3) is 3.28. The summed E-state index contributed by atoms with van der Waals surface area (Å²) in [6, 6.07) is 9.43. The Morgan fingerprint density at radius 2 is 1.96 bits per heavy atom. The van der Waals surface area contributed by atoms with Crippen LogP contribution in [0.5, 0.6) is 0 Å². The van der Waals surface area contributed by atoms with E-state index >= 15 is 0 Å². The standard InChI is InChI=1S/C19H17ClN2O3/c1-10-16(12(3)23)11(2)21-17(10)19(24)25-9-14-8-13-6-4-5-7-15(13)22-18(14)20/h4-8,21H,9H2,1-3H3. The van der Waals surface area contributed by atoms with Crippen LogP contribution in [0.15, 0.2) is 30.3 Å². The maximum atomic E-state index is 12.4. The normalized spacial score (nSPS) is 10.9. The van der Waals surface area contributed by atoms with Crippen LogP contribution in [-0.4, -0.2) is 21.7 Å². The number of hydrogen-bond acceptors (Lipinski definition) is 4. The molecule has 128 valence electrons. The minimum absolute atomic E-state index is 0.00239. The Labute approximate surface area is 150 Å². The number of ketones is 1. The van der Waals surface area contributed by atoms with Gasteiger partial charge in [0.25, 0.3) is 0 Å². The third-order valence-corrected chi connectivity index (χ3v) is 4.43. The average Bonchev–Trinajstić information content (AvgIpc) is 2.87. The molecule has 0 saturated carbocycles. The zero-order valence-electron chi connectivity index (χ0n) is 14.1. The van der Waals surface area contributed by atoms with E-state index in [-0.39, 0.29) is 18.1 Å². The fraction of sp³-hybridized carbons (Fsp3) is 0.211. The molecule has 0 aliphatic rings. The summed E-state index contributed by atoms with van der Waals surface area (Å²) in [5, 5.41) is 1.22. The van der Waals surface area contributed by atoms with E-state index in [0.717, 1.165) is 10.9 Å². The fourth-order valence-electron chi connectivity index (χ4n) is 2.94. The molecule has 25 heavy (non-hydrogen) atoms. The molecule has 0 fully saturated rings. The van der Waals surface area contributed by atoms with Gasteiger partial charge in [-0.3, -0.25) is 4.79 Å². The Kier molecular flexibility index (Phi) is 4.59. The Morgan fingerprint density at radius 1 is 1.24 bits per heavy atom. The number of nitrogens with one attached hydrogen (secondary N) is 1. The van der Waals surface area contributed by atoms with Gasteiger partial charge >= 0.3 is 5.97 Å². The molecule has 0 saturated heterocycles. The molecule has 2 aromatic heterocycles. The molecular weight excluding hydrogens is 340 g/mol. The average molecular weight is 357 g/mol. The highest BCUT2D eigenvalue weighted by atomic mass is 35.5. The number of Topliss-reactive ketones (excluding diaryl/α,β-unsaturated/α-hetero) is 1. The summed E-state index contributed by atoms with van der Waals surface area (Å²) in [4.78, 5) is 31.3. The van der Waals surface area contributed by atoms with Crippen molar-refractivity contribution in [1.29, 1.82) is 0 Å². The van der Waals surface area contributed by atoms with E-state index in [2.05, 4.69) is 9.97 Å². The number of aromatic nitrogens is 2. The summed E-state index contributed by atoms with van der Waals surface area (Å²) in [5.74, 6) is -0.621. The number of halogens is 1. The Morgan fingerprint density at radius 3 is 2.64 bits per heavy atom. The summed E-state index contributed by atoms with van der Waals surface area (Å²) in [6.45, 7) is 4.95. The van der Waals surface area contributed by atoms with E-state index in [1.54, 1.807) is 13.8 Å². The van der Waals surface area contributed by atoms with Crippen molar-refractivity contribution in [2.24, 2.45) is 0 Å². The molecule has 0 radical (unpaired) electrons. The second kappa shape index (κ2) is 6.69. The van der Waals surface area contributed by atoms with Crippen LogP contribution in [0.2, 0.25) is 5.15 Å². The van der Waals surface area contributed by atoms with Crippen molar-refractivity contribution in [1.82, 2.24) is 9.97 Å². The van der Waals surface area contributed by atoms with Crippen molar-refractivity contribution in [2.45, 2.75) is 27.4 Å². The first-order valence-electron chi connectivity index (χ1n) is 7.80. The number of nitrogens with zero attached hydrogens (tertiary/aromatic N) is 1. The van der Waals surface area contributed by atoms with Crippen LogP contribution in [0.1, 0.15) is 44.6 Å². The van der Waals surface area contributed by atoms with Crippen molar-refractivity contribution in [2.75, 3.05) is 0 Å². The van der Waals surface area contributed by atoms with Crippen LogP contribution >= 0.6 is 11.6 Å². The van der Waals surface area contributed by atoms with Gasteiger partial charge in [0.15, 0.2) is 5.78 Å². The molecule has 0 unspecified atom stereocenters. The predicted molar refractivity (Wildman–Crippen MR) is 96.1 cm³/mol. The second-order valence-electron chi connectivity index (χ2n) is 5.89. The lowest BCUT2D eigenvalue weighted by Crippen LogP contribution is -2.08. The number of benzene rings is 1. The minimum Gasteiger partial charge on any atom is -0.456 e. The molecular formula is C19H17ClN2O3. The number of hydrogen-bond donors (Lipinski definition) is 1. The zero-order valence-corrected chi connectivity index (χ0v) is 14.9. The van der Waals surface area contributed by atoms with E-state index in [1.807, 2.05) is 30.3 Å². The van der Waals surface area contributed by atoms with Gasteiger partial charge in [0, 0.05) is 22.2 Å². The number of rotatable bonds is 4. The minimum atomic E-state index is -0.530. The number of carbonyl (C=O) groups excluding carboxylic acids is 2. The number of para-hydroxylation sites is 1. The predicted octanol–water partition coefficient (Wildman–Crippen LogP) is 4.39. The first-order chi connectivity index (χ1) is 11.9. The van der Waals surface area contributed by atoms with Gasteiger partial charge in [-0.25, -0.2) is 9.78 Å². The van der Waals surface area contributed by atoms with Gasteiger partial charge in [0.2, 0.25) is 0 Å². The van der Waals surface area contributed by atoms with Crippen molar-refractivity contribution in [3.63, 3.8) is 0 Å². The lowest BCUT2D eigenvalue weighted by molar-refractivity contribution is 0.0465. The molecule has 0 atom stereocenters. The molecule has 0 aliphatic carbocycles. The summed E-state index contributed by atoms with van der Waals surface area (Å²) in [6.07, 6.45) is 0. The highest BCUT2D eigenvalue weighted by Gasteiger charge is 2.21. The topological polar surface area (TPSA) is 72.0 Å². The van der Waals surface area contributed by atoms with Gasteiger partial charge in [-0.1, -0.05) is 29.8 Å². The van der Waals surface area contributed by atoms with E-state index < -0.39 is 5.97 Å². The van der Waals surface area contributed by atoms with Gasteiger partial charge in [0.05, 0.1) is 5.52 Å². The molecule has 0 spiro atoms. The quantitative estimate of drug-likeness (QED) is 0.427. The Bertz CT molecular complexity index is 992. The molecule has 0 amide bonds. The number of ether oxygens (including phenoxy) is 1. The third-order valence-electron chi connectivity index (χ3n) is 4.10. The summed E-state index contributed by atoms with van der Waals surface area (Å²) in [5.41, 5.74) is 3.47. The SMILES string of the molecule is CC(=O)c1c(C)[nH]c(C(=O)OCc2cc3ccccc3nc2Cl)c1C. The first-order valence-corrected chi connectivity index (χ1v) is 8.17. The highest BCUT2D eigenvalue weighted by Crippen LogP contribution is 2.23. The molecule has 0 aliphatic heterocycles. The molecule has 2 heterocycles. The molecule has 3 rings (SSSR count). The van der Waals surface area contributed by atoms with E-state index in [4.69, 9.17) is 16.3 Å². The smallest absolute Gasteiger partial charge is 0.355 e. The van der Waals surface area contributed by atoms with Gasteiger partial charge < -0.3 is 9.72 Å². The van der Waals surface area contributed by atoms with Gasteiger partial charge in [-0.15, -0.1) is 0 Å². The van der Waals surface area contributed by atoms with E-state index in [1.165, 1.54) is 6.92 Å². The van der Waals surface area contributed by atoms with Crippen LogP contribution in [0.25, 0.3) is 10.9 Å². The lowest BCUT2D eigenvalue weighted by Gasteiger charge is -2.08. The molecule has 1 aromatic carbocycles. The number of H-pyrrole nitrogens is 1. The molecule has 6 heteroatoms. The van der Waals surface area contributed by atoms with Crippen LogP contribution < -0.4 is 0 Å². The van der Waals surface area contributed by atoms with Gasteiger partial charge in [0.1, 0.15) is 17.5 Å². The van der Waals surface area contributed by atoms with Gasteiger partial charge in [-0.05, 0) is 38.5 Å². The number of aromatic amines is 1. The van der Waals surface area contributed by atoms with Crippen LogP contribution in [0.3, 0.4) is 0 Å². The number of carbonyl (C=O) groups is 2. The van der Waals surface area contributed by atoms with Crippen LogP contribution in [-0.2, 0) is 11.3 Å². The van der Waals surface area contributed by atoms with Crippen LogP contribution in [0.4, 0.5) is 0 Å². The first kappa shape index (κ1) is 17.2. The Balaban J connectivity index is 1.82. The lowest BCUT2D eigenvalue weighted by atomic mass is 10.1. The van der Waals surface area contributed by atoms with E-state index in [9.17, 15) is 9.59 Å². The fourth-order valence-corrected chi connectivity index (χ4v) is 3.14. The van der Waals surface area contributed by atoms with Crippen molar-refractivity contribution < 1.29 is 14.3 Å². The summed E-state index contributed by atoms with van der Waals surface area (Å²) >= 11 is 6.18. The van der Waals surface area contributed by atoms with E-state index in [0.29, 0.717) is 27.5 Å². The number of pyridine rings is 1. The largest absolute Gasteiger partial charge is 0.456 e. The zero-order chi connectivity index (χ0) is 18.1.